The van der Waals surface area contributed by atoms with Gasteiger partial charge < -0.3 is 9.80 Å². The molecule has 9 heteroatoms. The predicted octanol–water partition coefficient (Wildman–Crippen LogP) is 3.88. The van der Waals surface area contributed by atoms with Crippen LogP contribution in [0, 0.1) is 18.3 Å². The fourth-order valence-electron chi connectivity index (χ4n) is 4.57. The highest BCUT2D eigenvalue weighted by molar-refractivity contribution is 8.26. The van der Waals surface area contributed by atoms with Crippen LogP contribution in [0.5, 0.6) is 0 Å². The molecule has 7 nitrogen and oxygen atoms in total. The first-order valence-corrected chi connectivity index (χ1v) is 13.4. The van der Waals surface area contributed by atoms with Crippen molar-refractivity contribution in [2.45, 2.75) is 52.9 Å². The van der Waals surface area contributed by atoms with Crippen molar-refractivity contribution in [3.05, 3.63) is 31.9 Å². The number of anilines is 1. The number of amides is 1. The summed E-state index contributed by atoms with van der Waals surface area (Å²) in [5, 5.41) is 9.67. The summed E-state index contributed by atoms with van der Waals surface area (Å²) >= 11 is 6.84. The molecule has 0 unspecified atom stereocenters. The fraction of sp³-hybridized carbons (Fsp3) is 0.600. The van der Waals surface area contributed by atoms with Gasteiger partial charge in [-0.3, -0.25) is 19.1 Å². The van der Waals surface area contributed by atoms with Gasteiger partial charge in [-0.2, -0.15) is 5.26 Å². The number of pyridine rings is 1. The third-order valence-corrected chi connectivity index (χ3v) is 8.10. The average molecular weight is 502 g/mol. The minimum Gasteiger partial charge on any atom is -0.355 e. The van der Waals surface area contributed by atoms with E-state index in [1.807, 2.05) is 6.08 Å². The molecule has 2 aliphatic heterocycles. The second-order valence-corrected chi connectivity index (χ2v) is 10.6. The van der Waals surface area contributed by atoms with Gasteiger partial charge in [-0.25, -0.2) is 0 Å². The normalized spacial score (nSPS) is 18.3. The van der Waals surface area contributed by atoms with Crippen LogP contribution < -0.4 is 10.5 Å². The lowest BCUT2D eigenvalue weighted by Gasteiger charge is -2.37. The van der Waals surface area contributed by atoms with Gasteiger partial charge in [0, 0.05) is 45.3 Å². The summed E-state index contributed by atoms with van der Waals surface area (Å²) in [6.45, 7) is 11.1. The Labute approximate surface area is 212 Å². The maximum absolute atomic E-state index is 13.2. The number of carbonyl (C=O) groups is 1. The zero-order valence-corrected chi connectivity index (χ0v) is 22.4. The molecule has 34 heavy (non-hydrogen) atoms. The van der Waals surface area contributed by atoms with Crippen LogP contribution in [0.25, 0.3) is 6.08 Å². The van der Waals surface area contributed by atoms with Crippen molar-refractivity contribution in [2.75, 3.05) is 44.2 Å². The lowest BCUT2D eigenvalue weighted by atomic mass is 10.0. The molecular formula is C25H35N5O2S2. The number of carbonyl (C=O) groups excluding carboxylic acids is 1. The number of nitrogens with zero attached hydrogens (tertiary/aromatic N) is 5. The van der Waals surface area contributed by atoms with Crippen molar-refractivity contribution in [2.24, 2.45) is 7.05 Å². The molecule has 2 saturated heterocycles. The molecule has 1 aromatic heterocycles. The van der Waals surface area contributed by atoms with Gasteiger partial charge in [0.05, 0.1) is 4.91 Å². The summed E-state index contributed by atoms with van der Waals surface area (Å²) in [6.07, 6.45) is 7.43. The van der Waals surface area contributed by atoms with Crippen LogP contribution in [-0.4, -0.2) is 63.9 Å². The number of likely N-dealkylation sites (N-methyl/N-ethyl adjacent to an activating group) is 1. The maximum atomic E-state index is 13.2. The third-order valence-electron chi connectivity index (χ3n) is 6.72. The van der Waals surface area contributed by atoms with Crippen LogP contribution in [0.2, 0.25) is 0 Å². The maximum Gasteiger partial charge on any atom is 0.270 e. The molecule has 3 heterocycles. The number of hydrogen-bond acceptors (Lipinski definition) is 7. The van der Waals surface area contributed by atoms with E-state index in [-0.39, 0.29) is 17.0 Å². The summed E-state index contributed by atoms with van der Waals surface area (Å²) in [7, 11) is 1.71. The van der Waals surface area contributed by atoms with Crippen LogP contribution in [0.15, 0.2) is 9.70 Å². The summed E-state index contributed by atoms with van der Waals surface area (Å²) in [5.74, 6) is 0.682. The fourth-order valence-corrected chi connectivity index (χ4v) is 5.86. The first-order valence-electron chi connectivity index (χ1n) is 12.2. The number of piperazine rings is 1. The van der Waals surface area contributed by atoms with Crippen molar-refractivity contribution in [1.82, 2.24) is 14.4 Å². The monoisotopic (exact) mass is 501 g/mol. The standard InChI is InChI=1S/C25H35N5O2S2/c1-5-7-8-9-10-11-30-24(32)21(34-25(30)33)16-19-18(3)20(17-26)23(31)27(4)22(19)29-14-12-28(6-2)13-15-29/h16H,5-15H2,1-4H3/b21-16+. The topological polar surface area (TPSA) is 72.6 Å². The van der Waals surface area contributed by atoms with Gasteiger partial charge in [0.25, 0.3) is 11.5 Å². The smallest absolute Gasteiger partial charge is 0.270 e. The van der Waals surface area contributed by atoms with Crippen LogP contribution in [-0.2, 0) is 11.8 Å². The molecule has 0 atom stereocenters. The highest BCUT2D eigenvalue weighted by Crippen LogP contribution is 2.36. The van der Waals surface area contributed by atoms with E-state index >= 15 is 0 Å². The number of thioether (sulfide) groups is 1. The molecule has 184 valence electrons. The number of hydrogen-bond donors (Lipinski definition) is 0. The molecule has 0 aromatic carbocycles. The first-order chi connectivity index (χ1) is 16.3. The van der Waals surface area contributed by atoms with Gasteiger partial charge in [0.1, 0.15) is 21.8 Å². The van der Waals surface area contributed by atoms with E-state index in [1.165, 1.54) is 31.0 Å². The van der Waals surface area contributed by atoms with E-state index in [0.29, 0.717) is 21.3 Å². The minimum atomic E-state index is -0.301. The van der Waals surface area contributed by atoms with Gasteiger partial charge in [-0.1, -0.05) is 63.5 Å². The van der Waals surface area contributed by atoms with Gasteiger partial charge in [-0.05, 0) is 31.5 Å². The lowest BCUT2D eigenvalue weighted by molar-refractivity contribution is -0.122. The van der Waals surface area contributed by atoms with E-state index < -0.39 is 0 Å². The lowest BCUT2D eigenvalue weighted by Crippen LogP contribution is -2.48. The Morgan fingerprint density at radius 3 is 2.38 bits per heavy atom. The van der Waals surface area contributed by atoms with E-state index in [1.54, 1.807) is 23.4 Å². The van der Waals surface area contributed by atoms with Gasteiger partial charge in [-0.15, -0.1) is 0 Å². The summed E-state index contributed by atoms with van der Waals surface area (Å²) < 4.78 is 2.14. The van der Waals surface area contributed by atoms with Crippen molar-refractivity contribution in [3.63, 3.8) is 0 Å². The number of rotatable bonds is 9. The Kier molecular flexibility index (Phi) is 9.34. The van der Waals surface area contributed by atoms with E-state index in [2.05, 4.69) is 29.7 Å². The Morgan fingerprint density at radius 1 is 1.09 bits per heavy atom. The first kappa shape index (κ1) is 26.5. The second-order valence-electron chi connectivity index (χ2n) is 8.88. The molecule has 2 fully saturated rings. The Morgan fingerprint density at radius 2 is 1.76 bits per heavy atom. The summed E-state index contributed by atoms with van der Waals surface area (Å²) in [6, 6.07) is 2.07. The number of unbranched alkanes of at least 4 members (excludes halogenated alkanes) is 4. The zero-order valence-electron chi connectivity index (χ0n) is 20.7. The van der Waals surface area contributed by atoms with Crippen molar-refractivity contribution in [3.8, 4) is 6.07 Å². The minimum absolute atomic E-state index is 0.0843. The molecule has 0 radical (unpaired) electrons. The van der Waals surface area contributed by atoms with Gasteiger partial charge >= 0.3 is 0 Å². The van der Waals surface area contributed by atoms with E-state index in [4.69, 9.17) is 12.2 Å². The van der Waals surface area contributed by atoms with E-state index in [0.717, 1.165) is 56.9 Å². The van der Waals surface area contributed by atoms with Crippen LogP contribution >= 0.6 is 24.0 Å². The molecule has 0 saturated carbocycles. The van der Waals surface area contributed by atoms with Crippen LogP contribution in [0.3, 0.4) is 0 Å². The van der Waals surface area contributed by atoms with E-state index in [9.17, 15) is 14.9 Å². The SMILES string of the molecule is CCCCCCCN1C(=O)/C(=C\c2c(C)c(C#N)c(=O)n(C)c2N2CCN(CC)CC2)SC1=S. The molecule has 3 rings (SSSR count). The highest BCUT2D eigenvalue weighted by atomic mass is 32.2. The molecule has 1 aromatic rings. The second kappa shape index (κ2) is 12.0. The molecule has 1 amide bonds. The number of nitriles is 1. The number of thiocarbonyl (C=S) groups is 1. The summed E-state index contributed by atoms with van der Waals surface area (Å²) in [5.41, 5.74) is 1.19. The highest BCUT2D eigenvalue weighted by Gasteiger charge is 2.33. The summed E-state index contributed by atoms with van der Waals surface area (Å²) in [4.78, 5) is 33.0. The molecular weight excluding hydrogens is 466 g/mol. The van der Waals surface area contributed by atoms with Gasteiger partial charge in [0.15, 0.2) is 0 Å². The predicted molar refractivity (Wildman–Crippen MR) is 144 cm³/mol. The Balaban J connectivity index is 1.95. The van der Waals surface area contributed by atoms with Crippen molar-refractivity contribution in [1.29, 1.82) is 5.26 Å². The quantitative estimate of drug-likeness (QED) is 0.289. The van der Waals surface area contributed by atoms with Gasteiger partial charge in [0.2, 0.25) is 0 Å². The molecule has 2 aliphatic rings. The van der Waals surface area contributed by atoms with Crippen molar-refractivity contribution < 1.29 is 4.79 Å². The average Bonchev–Trinajstić information content (AvgIpc) is 3.10. The Hall–Kier alpha value is -2.15. The van der Waals surface area contributed by atoms with Crippen LogP contribution in [0.4, 0.5) is 5.82 Å². The largest absolute Gasteiger partial charge is 0.355 e. The molecule has 0 N–H and O–H groups in total. The molecule has 0 spiro atoms. The zero-order chi connectivity index (χ0) is 24.8. The Bertz CT molecular complexity index is 1060. The number of aromatic nitrogens is 1. The molecule has 0 aliphatic carbocycles. The third kappa shape index (κ3) is 5.56. The van der Waals surface area contributed by atoms with Crippen molar-refractivity contribution >= 4 is 46.1 Å². The molecule has 0 bridgehead atoms. The van der Waals surface area contributed by atoms with Crippen LogP contribution in [0.1, 0.15) is 62.6 Å².